The van der Waals surface area contributed by atoms with Crippen LogP contribution in [0, 0.1) is 6.92 Å². The number of thioether (sulfide) groups is 1. The standard InChI is InChI=1S/C24H23N5O3S/c1-16-6-8-17(9-7-16)13-25-23(31)18-10-11-21-27-28-24(29(21)14-18)33-15-22(30)26-19-4-3-5-20(12-19)32-2/h3-12,14H,13,15H2,1-2H3,(H,25,31)(H,26,30). The third-order valence-corrected chi connectivity index (χ3v) is 5.84. The summed E-state index contributed by atoms with van der Waals surface area (Å²) >= 11 is 1.24. The van der Waals surface area contributed by atoms with Crippen molar-refractivity contribution in [1.82, 2.24) is 19.9 Å². The SMILES string of the molecule is COc1cccc(NC(=O)CSc2nnc3ccc(C(=O)NCc4ccc(C)cc4)cn23)c1. The molecule has 9 heteroatoms. The Morgan fingerprint density at radius 3 is 2.67 bits per heavy atom. The molecule has 0 saturated heterocycles. The van der Waals surface area contributed by atoms with Crippen LogP contribution in [0.2, 0.25) is 0 Å². The van der Waals surface area contributed by atoms with E-state index in [1.165, 1.54) is 17.3 Å². The summed E-state index contributed by atoms with van der Waals surface area (Å²) in [5.41, 5.74) is 3.93. The minimum Gasteiger partial charge on any atom is -0.497 e. The Morgan fingerprint density at radius 1 is 1.06 bits per heavy atom. The van der Waals surface area contributed by atoms with Gasteiger partial charge in [0.2, 0.25) is 5.91 Å². The highest BCUT2D eigenvalue weighted by molar-refractivity contribution is 7.99. The molecule has 168 valence electrons. The van der Waals surface area contributed by atoms with Gasteiger partial charge in [-0.25, -0.2) is 0 Å². The number of pyridine rings is 1. The first-order valence-electron chi connectivity index (χ1n) is 10.3. The average Bonchev–Trinajstić information content (AvgIpc) is 3.24. The van der Waals surface area contributed by atoms with Gasteiger partial charge in [0.25, 0.3) is 5.91 Å². The van der Waals surface area contributed by atoms with Crippen molar-refractivity contribution in [3.63, 3.8) is 0 Å². The number of benzene rings is 2. The van der Waals surface area contributed by atoms with Crippen LogP contribution in [0.5, 0.6) is 5.75 Å². The van der Waals surface area contributed by atoms with E-state index in [0.717, 1.165) is 5.56 Å². The van der Waals surface area contributed by atoms with Crippen LogP contribution in [0.3, 0.4) is 0 Å². The molecule has 0 unspecified atom stereocenters. The van der Waals surface area contributed by atoms with E-state index in [9.17, 15) is 9.59 Å². The van der Waals surface area contributed by atoms with Crippen molar-refractivity contribution in [2.45, 2.75) is 18.6 Å². The normalized spacial score (nSPS) is 10.7. The lowest BCUT2D eigenvalue weighted by Crippen LogP contribution is -2.23. The number of rotatable bonds is 8. The molecule has 0 aliphatic rings. The largest absolute Gasteiger partial charge is 0.497 e. The maximum atomic E-state index is 12.6. The maximum absolute atomic E-state index is 12.6. The highest BCUT2D eigenvalue weighted by atomic mass is 32.2. The van der Waals surface area contributed by atoms with Gasteiger partial charge in [-0.2, -0.15) is 0 Å². The van der Waals surface area contributed by atoms with Gasteiger partial charge in [-0.05, 0) is 36.8 Å². The van der Waals surface area contributed by atoms with Gasteiger partial charge in [0.05, 0.1) is 18.4 Å². The number of methoxy groups -OCH3 is 1. The summed E-state index contributed by atoms with van der Waals surface area (Å²) < 4.78 is 6.88. The van der Waals surface area contributed by atoms with Crippen molar-refractivity contribution in [3.05, 3.63) is 83.6 Å². The second-order valence-corrected chi connectivity index (χ2v) is 8.31. The van der Waals surface area contributed by atoms with Gasteiger partial charge < -0.3 is 15.4 Å². The van der Waals surface area contributed by atoms with Crippen molar-refractivity contribution in [2.24, 2.45) is 0 Å². The van der Waals surface area contributed by atoms with Gasteiger partial charge in [0.15, 0.2) is 10.8 Å². The van der Waals surface area contributed by atoms with E-state index in [1.807, 2.05) is 31.2 Å². The summed E-state index contributed by atoms with van der Waals surface area (Å²) in [7, 11) is 1.57. The molecular formula is C24H23N5O3S. The molecular weight excluding hydrogens is 438 g/mol. The Kier molecular flexibility index (Phi) is 6.89. The number of amides is 2. The molecule has 0 saturated carbocycles. The van der Waals surface area contributed by atoms with Crippen molar-refractivity contribution in [2.75, 3.05) is 18.2 Å². The smallest absolute Gasteiger partial charge is 0.253 e. The zero-order chi connectivity index (χ0) is 23.2. The Labute approximate surface area is 195 Å². The number of carbonyl (C=O) groups excluding carboxylic acids is 2. The molecule has 4 aromatic rings. The molecule has 4 rings (SSSR count). The van der Waals surface area contributed by atoms with Crippen LogP contribution >= 0.6 is 11.8 Å². The number of aryl methyl sites for hydroxylation is 1. The average molecular weight is 462 g/mol. The molecule has 8 nitrogen and oxygen atoms in total. The van der Waals surface area contributed by atoms with Crippen molar-refractivity contribution < 1.29 is 14.3 Å². The van der Waals surface area contributed by atoms with Crippen LogP contribution in [-0.2, 0) is 11.3 Å². The number of aromatic nitrogens is 3. The van der Waals surface area contributed by atoms with Gasteiger partial charge in [-0.15, -0.1) is 10.2 Å². The highest BCUT2D eigenvalue weighted by Crippen LogP contribution is 2.20. The lowest BCUT2D eigenvalue weighted by molar-refractivity contribution is -0.113. The molecule has 0 atom stereocenters. The van der Waals surface area contributed by atoms with Crippen LogP contribution in [0.1, 0.15) is 21.5 Å². The van der Waals surface area contributed by atoms with E-state index in [1.54, 1.807) is 54.1 Å². The van der Waals surface area contributed by atoms with Gasteiger partial charge in [0.1, 0.15) is 5.75 Å². The van der Waals surface area contributed by atoms with Crippen molar-refractivity contribution in [1.29, 1.82) is 0 Å². The van der Waals surface area contributed by atoms with E-state index in [0.29, 0.717) is 34.3 Å². The topological polar surface area (TPSA) is 97.6 Å². The van der Waals surface area contributed by atoms with Crippen LogP contribution < -0.4 is 15.4 Å². The molecule has 2 aromatic heterocycles. The third kappa shape index (κ3) is 5.69. The number of nitrogens with zero attached hydrogens (tertiary/aromatic N) is 3. The summed E-state index contributed by atoms with van der Waals surface area (Å²) in [4.78, 5) is 25.0. The third-order valence-electron chi connectivity index (χ3n) is 4.89. The second-order valence-electron chi connectivity index (χ2n) is 7.37. The van der Waals surface area contributed by atoms with Crippen molar-refractivity contribution in [3.8, 4) is 5.75 Å². The lowest BCUT2D eigenvalue weighted by Gasteiger charge is -2.08. The quantitative estimate of drug-likeness (QED) is 0.388. The summed E-state index contributed by atoms with van der Waals surface area (Å²) in [6.07, 6.45) is 1.68. The molecule has 0 aliphatic heterocycles. The minimum atomic E-state index is -0.196. The number of nitrogens with one attached hydrogen (secondary N) is 2. The van der Waals surface area contributed by atoms with E-state index in [4.69, 9.17) is 4.74 Å². The predicted molar refractivity (Wildman–Crippen MR) is 128 cm³/mol. The number of fused-ring (bicyclic) bond motifs is 1. The molecule has 0 aliphatic carbocycles. The van der Waals surface area contributed by atoms with E-state index in [2.05, 4.69) is 20.8 Å². The first-order chi connectivity index (χ1) is 16.0. The number of hydrogen-bond acceptors (Lipinski definition) is 6. The lowest BCUT2D eigenvalue weighted by atomic mass is 10.1. The summed E-state index contributed by atoms with van der Waals surface area (Å²) in [5.74, 6) is 0.425. The monoisotopic (exact) mass is 461 g/mol. The van der Waals surface area contributed by atoms with Crippen molar-refractivity contribution >= 4 is 34.9 Å². The first kappa shape index (κ1) is 22.3. The van der Waals surface area contributed by atoms with Gasteiger partial charge in [-0.1, -0.05) is 47.7 Å². The molecule has 2 N–H and O–H groups in total. The number of anilines is 1. The summed E-state index contributed by atoms with van der Waals surface area (Å²) in [5, 5.41) is 14.5. The Balaban J connectivity index is 1.39. The first-order valence-corrected chi connectivity index (χ1v) is 11.3. The van der Waals surface area contributed by atoms with E-state index >= 15 is 0 Å². The molecule has 2 amide bonds. The molecule has 0 bridgehead atoms. The Bertz CT molecular complexity index is 1290. The molecule has 0 fully saturated rings. The van der Waals surface area contributed by atoms with E-state index in [-0.39, 0.29) is 17.6 Å². The van der Waals surface area contributed by atoms with Gasteiger partial charge >= 0.3 is 0 Å². The zero-order valence-electron chi connectivity index (χ0n) is 18.2. The van der Waals surface area contributed by atoms with E-state index < -0.39 is 0 Å². The number of carbonyl (C=O) groups is 2. The van der Waals surface area contributed by atoms with Crippen LogP contribution in [0.4, 0.5) is 5.69 Å². The number of ether oxygens (including phenoxy) is 1. The fourth-order valence-electron chi connectivity index (χ4n) is 3.12. The van der Waals surface area contributed by atoms with Crippen LogP contribution in [-0.4, -0.2) is 39.3 Å². The summed E-state index contributed by atoms with van der Waals surface area (Å²) in [6.45, 7) is 2.46. The molecule has 0 radical (unpaired) electrons. The fraction of sp³-hybridized carbons (Fsp3) is 0.167. The molecule has 0 spiro atoms. The summed E-state index contributed by atoms with van der Waals surface area (Å²) in [6, 6.07) is 18.6. The molecule has 2 aromatic carbocycles. The molecule has 2 heterocycles. The number of hydrogen-bond donors (Lipinski definition) is 2. The Morgan fingerprint density at radius 2 is 1.88 bits per heavy atom. The van der Waals surface area contributed by atoms with Crippen LogP contribution in [0.25, 0.3) is 5.65 Å². The fourth-order valence-corrected chi connectivity index (χ4v) is 3.84. The second kappa shape index (κ2) is 10.2. The Hall–Kier alpha value is -3.85. The molecule has 33 heavy (non-hydrogen) atoms. The van der Waals surface area contributed by atoms with Gasteiger partial charge in [0, 0.05) is 24.5 Å². The minimum absolute atomic E-state index is 0.141. The zero-order valence-corrected chi connectivity index (χ0v) is 19.1. The predicted octanol–water partition coefficient (Wildman–Crippen LogP) is 3.71. The van der Waals surface area contributed by atoms with Gasteiger partial charge in [-0.3, -0.25) is 14.0 Å². The van der Waals surface area contributed by atoms with Crippen LogP contribution in [0.15, 0.2) is 72.0 Å². The highest BCUT2D eigenvalue weighted by Gasteiger charge is 2.13. The maximum Gasteiger partial charge on any atom is 0.253 e.